The summed E-state index contributed by atoms with van der Waals surface area (Å²) in [6.07, 6.45) is 1.08. The molecule has 2 rings (SSSR count). The molecule has 2 nitrogen and oxygen atoms in total. The molecule has 0 amide bonds. The quantitative estimate of drug-likeness (QED) is 0.905. The molecule has 16 heavy (non-hydrogen) atoms. The molecule has 0 bridgehead atoms. The molecule has 3 heteroatoms. The molecular weight excluding hydrogens is 266 g/mol. The first kappa shape index (κ1) is 12.1. The lowest BCUT2D eigenvalue weighted by Gasteiger charge is -2.19. The van der Waals surface area contributed by atoms with E-state index in [1.54, 1.807) is 0 Å². The van der Waals surface area contributed by atoms with Crippen molar-refractivity contribution in [1.29, 1.82) is 0 Å². The van der Waals surface area contributed by atoms with Gasteiger partial charge in [0.05, 0.1) is 6.61 Å². The summed E-state index contributed by atoms with van der Waals surface area (Å²) in [5, 5.41) is 0. The van der Waals surface area contributed by atoms with Crippen molar-refractivity contribution in [2.45, 2.75) is 26.3 Å². The van der Waals surface area contributed by atoms with E-state index >= 15 is 0 Å². The first-order chi connectivity index (χ1) is 7.59. The van der Waals surface area contributed by atoms with Crippen LogP contribution in [0.5, 0.6) is 0 Å². The number of rotatable bonds is 2. The van der Waals surface area contributed by atoms with Crippen LogP contribution in [0.15, 0.2) is 16.6 Å². The number of halogens is 1. The maximum Gasteiger partial charge on any atom is 0.0513 e. The SMILES string of the molecule is Cc1cc(C(N)C2CCOC2)cc(C)c1Br. The highest BCUT2D eigenvalue weighted by Gasteiger charge is 2.24. The summed E-state index contributed by atoms with van der Waals surface area (Å²) < 4.78 is 6.58. The van der Waals surface area contributed by atoms with Gasteiger partial charge in [-0.2, -0.15) is 0 Å². The molecule has 1 saturated heterocycles. The first-order valence-electron chi connectivity index (χ1n) is 5.69. The summed E-state index contributed by atoms with van der Waals surface area (Å²) in [5.74, 6) is 0.472. The van der Waals surface area contributed by atoms with Crippen molar-refractivity contribution in [2.24, 2.45) is 11.7 Å². The van der Waals surface area contributed by atoms with Crippen LogP contribution in [0.25, 0.3) is 0 Å². The second-order valence-electron chi connectivity index (χ2n) is 4.62. The third-order valence-electron chi connectivity index (χ3n) is 3.32. The highest BCUT2D eigenvalue weighted by atomic mass is 79.9. The molecule has 1 aliphatic rings. The molecule has 1 fully saturated rings. The van der Waals surface area contributed by atoms with E-state index in [-0.39, 0.29) is 6.04 Å². The Hall–Kier alpha value is -0.380. The predicted molar refractivity (Wildman–Crippen MR) is 69.5 cm³/mol. The normalized spacial score (nSPS) is 22.4. The Kier molecular flexibility index (Phi) is 3.67. The number of ether oxygens (including phenoxy) is 1. The minimum atomic E-state index is 0.105. The van der Waals surface area contributed by atoms with Crippen LogP contribution in [0.1, 0.15) is 29.2 Å². The molecule has 0 spiro atoms. The molecular formula is C13H18BrNO. The monoisotopic (exact) mass is 283 g/mol. The van der Waals surface area contributed by atoms with Crippen LogP contribution in [0.3, 0.4) is 0 Å². The molecule has 0 aliphatic carbocycles. The van der Waals surface area contributed by atoms with Crippen molar-refractivity contribution in [3.05, 3.63) is 33.3 Å². The Bertz CT molecular complexity index is 363. The summed E-state index contributed by atoms with van der Waals surface area (Å²) in [6.45, 7) is 5.87. The van der Waals surface area contributed by atoms with Gasteiger partial charge in [-0.05, 0) is 37.0 Å². The van der Waals surface area contributed by atoms with Crippen LogP contribution in [0, 0.1) is 19.8 Å². The molecule has 1 heterocycles. The van der Waals surface area contributed by atoms with Gasteiger partial charge in [-0.15, -0.1) is 0 Å². The van der Waals surface area contributed by atoms with Crippen molar-refractivity contribution in [2.75, 3.05) is 13.2 Å². The highest BCUT2D eigenvalue weighted by Crippen LogP contribution is 2.30. The fourth-order valence-electron chi connectivity index (χ4n) is 2.28. The maximum absolute atomic E-state index is 6.29. The van der Waals surface area contributed by atoms with Gasteiger partial charge in [0.25, 0.3) is 0 Å². The Labute approximate surface area is 105 Å². The van der Waals surface area contributed by atoms with Crippen LogP contribution in [-0.2, 0) is 4.74 Å². The summed E-state index contributed by atoms with van der Waals surface area (Å²) in [7, 11) is 0. The van der Waals surface area contributed by atoms with Crippen molar-refractivity contribution in [1.82, 2.24) is 0 Å². The Morgan fingerprint density at radius 2 is 2.00 bits per heavy atom. The third kappa shape index (κ3) is 2.31. The van der Waals surface area contributed by atoms with E-state index in [0.717, 1.165) is 19.6 Å². The van der Waals surface area contributed by atoms with Gasteiger partial charge >= 0.3 is 0 Å². The Morgan fingerprint density at radius 3 is 2.50 bits per heavy atom. The lowest BCUT2D eigenvalue weighted by molar-refractivity contribution is 0.181. The predicted octanol–water partition coefficient (Wildman–Crippen LogP) is 3.10. The minimum absolute atomic E-state index is 0.105. The van der Waals surface area contributed by atoms with Gasteiger partial charge < -0.3 is 10.5 Å². The number of benzene rings is 1. The topological polar surface area (TPSA) is 35.2 Å². The average Bonchev–Trinajstić information content (AvgIpc) is 2.77. The van der Waals surface area contributed by atoms with Gasteiger partial charge in [0.2, 0.25) is 0 Å². The van der Waals surface area contributed by atoms with Crippen LogP contribution >= 0.6 is 15.9 Å². The second kappa shape index (κ2) is 4.86. The average molecular weight is 284 g/mol. The molecule has 1 aromatic carbocycles. The second-order valence-corrected chi connectivity index (χ2v) is 5.41. The van der Waals surface area contributed by atoms with Crippen LogP contribution in [-0.4, -0.2) is 13.2 Å². The summed E-state index contributed by atoms with van der Waals surface area (Å²) in [6, 6.07) is 4.47. The van der Waals surface area contributed by atoms with Gasteiger partial charge in [-0.25, -0.2) is 0 Å². The standard InChI is InChI=1S/C13H18BrNO/c1-8-5-11(6-9(2)12(8)14)13(15)10-3-4-16-7-10/h5-6,10,13H,3-4,7,15H2,1-2H3. The smallest absolute Gasteiger partial charge is 0.0513 e. The van der Waals surface area contributed by atoms with Crippen LogP contribution in [0.2, 0.25) is 0 Å². The van der Waals surface area contributed by atoms with Crippen molar-refractivity contribution in [3.8, 4) is 0 Å². The molecule has 0 saturated carbocycles. The molecule has 2 N–H and O–H groups in total. The maximum atomic E-state index is 6.29. The van der Waals surface area contributed by atoms with E-state index in [1.165, 1.54) is 21.2 Å². The third-order valence-corrected chi connectivity index (χ3v) is 4.57. The Morgan fingerprint density at radius 1 is 1.38 bits per heavy atom. The van der Waals surface area contributed by atoms with Gasteiger partial charge in [-0.1, -0.05) is 28.1 Å². The summed E-state index contributed by atoms with van der Waals surface area (Å²) in [4.78, 5) is 0. The van der Waals surface area contributed by atoms with Crippen LogP contribution in [0.4, 0.5) is 0 Å². The first-order valence-corrected chi connectivity index (χ1v) is 6.49. The van der Waals surface area contributed by atoms with Gasteiger partial charge in [0.15, 0.2) is 0 Å². The van der Waals surface area contributed by atoms with E-state index in [2.05, 4.69) is 41.9 Å². The zero-order chi connectivity index (χ0) is 11.7. The molecule has 0 radical (unpaired) electrons. The number of nitrogens with two attached hydrogens (primary N) is 1. The molecule has 2 atom stereocenters. The van der Waals surface area contributed by atoms with E-state index in [9.17, 15) is 0 Å². The summed E-state index contributed by atoms with van der Waals surface area (Å²) in [5.41, 5.74) is 10.0. The zero-order valence-corrected chi connectivity index (χ0v) is 11.4. The molecule has 0 aromatic heterocycles. The van der Waals surface area contributed by atoms with Crippen molar-refractivity contribution < 1.29 is 4.74 Å². The number of hydrogen-bond donors (Lipinski definition) is 1. The molecule has 1 aromatic rings. The lowest BCUT2D eigenvalue weighted by atomic mass is 9.91. The molecule has 2 unspecified atom stereocenters. The lowest BCUT2D eigenvalue weighted by Crippen LogP contribution is -2.21. The summed E-state index contributed by atoms with van der Waals surface area (Å²) >= 11 is 3.58. The van der Waals surface area contributed by atoms with E-state index in [0.29, 0.717) is 5.92 Å². The van der Waals surface area contributed by atoms with Crippen LogP contribution < -0.4 is 5.73 Å². The minimum Gasteiger partial charge on any atom is -0.381 e. The number of aryl methyl sites for hydroxylation is 2. The fourth-order valence-corrected chi connectivity index (χ4v) is 2.51. The number of hydrogen-bond acceptors (Lipinski definition) is 2. The Balaban J connectivity index is 2.26. The van der Waals surface area contributed by atoms with E-state index < -0.39 is 0 Å². The van der Waals surface area contributed by atoms with E-state index in [1.807, 2.05) is 0 Å². The largest absolute Gasteiger partial charge is 0.381 e. The van der Waals surface area contributed by atoms with Gasteiger partial charge in [0.1, 0.15) is 0 Å². The van der Waals surface area contributed by atoms with Gasteiger partial charge in [-0.3, -0.25) is 0 Å². The van der Waals surface area contributed by atoms with Crippen molar-refractivity contribution >= 4 is 15.9 Å². The zero-order valence-electron chi connectivity index (χ0n) is 9.79. The fraction of sp³-hybridized carbons (Fsp3) is 0.538. The van der Waals surface area contributed by atoms with E-state index in [4.69, 9.17) is 10.5 Å². The highest BCUT2D eigenvalue weighted by molar-refractivity contribution is 9.10. The molecule has 88 valence electrons. The van der Waals surface area contributed by atoms with Gasteiger partial charge in [0, 0.05) is 23.0 Å². The molecule has 1 aliphatic heterocycles. The van der Waals surface area contributed by atoms with Crippen molar-refractivity contribution in [3.63, 3.8) is 0 Å².